The summed E-state index contributed by atoms with van der Waals surface area (Å²) in [4.78, 5) is 11.3. The molecule has 1 N–H and O–H groups in total. The van der Waals surface area contributed by atoms with Gasteiger partial charge < -0.3 is 10.2 Å². The number of rotatable bonds is 6. The van der Waals surface area contributed by atoms with Gasteiger partial charge in [0, 0.05) is 31.0 Å². The molecule has 0 unspecified atom stereocenters. The third-order valence-corrected chi connectivity index (χ3v) is 3.81. The minimum atomic E-state index is 0.778. The Balaban J connectivity index is 2.20. The lowest BCUT2D eigenvalue weighted by Gasteiger charge is -2.18. The first-order chi connectivity index (χ1) is 10.5. The van der Waals surface area contributed by atoms with Gasteiger partial charge in [-0.1, -0.05) is 19.4 Å². The molecule has 0 amide bonds. The summed E-state index contributed by atoms with van der Waals surface area (Å²) in [5.74, 6) is 1.62. The third-order valence-electron chi connectivity index (χ3n) is 3.81. The Bertz CT molecular complexity index is 637. The van der Waals surface area contributed by atoms with Crippen molar-refractivity contribution in [3.05, 3.63) is 41.1 Å². The number of benzene rings is 1. The first kappa shape index (κ1) is 16.3. The number of nitrogens with one attached hydrogen (secondary N) is 1. The van der Waals surface area contributed by atoms with Gasteiger partial charge in [0.1, 0.15) is 5.82 Å². The van der Waals surface area contributed by atoms with Crippen LogP contribution in [0.4, 0.5) is 17.5 Å². The predicted molar refractivity (Wildman–Crippen MR) is 94.1 cm³/mol. The van der Waals surface area contributed by atoms with Crippen LogP contribution in [-0.2, 0) is 0 Å². The van der Waals surface area contributed by atoms with Crippen LogP contribution in [0.15, 0.2) is 24.3 Å². The average Bonchev–Trinajstić information content (AvgIpc) is 2.48. The van der Waals surface area contributed by atoms with Crippen LogP contribution >= 0.6 is 0 Å². The molecule has 0 aliphatic heterocycles. The highest BCUT2D eigenvalue weighted by Crippen LogP contribution is 2.20. The van der Waals surface area contributed by atoms with Gasteiger partial charge in [-0.2, -0.15) is 4.98 Å². The molecule has 0 saturated heterocycles. The van der Waals surface area contributed by atoms with Crippen molar-refractivity contribution >= 4 is 17.5 Å². The Morgan fingerprint density at radius 2 is 1.82 bits per heavy atom. The zero-order chi connectivity index (χ0) is 16.1. The van der Waals surface area contributed by atoms with Gasteiger partial charge in [0.25, 0.3) is 0 Å². The van der Waals surface area contributed by atoms with Crippen molar-refractivity contribution in [1.82, 2.24) is 9.97 Å². The summed E-state index contributed by atoms with van der Waals surface area (Å²) in [6.45, 7) is 9.41. The van der Waals surface area contributed by atoms with Gasteiger partial charge in [-0.3, -0.25) is 0 Å². The Morgan fingerprint density at radius 3 is 2.50 bits per heavy atom. The molecular weight excluding hydrogens is 272 g/mol. The van der Waals surface area contributed by atoms with Gasteiger partial charge in [-0.15, -0.1) is 0 Å². The van der Waals surface area contributed by atoms with Crippen LogP contribution < -0.4 is 10.2 Å². The van der Waals surface area contributed by atoms with E-state index in [1.807, 2.05) is 20.0 Å². The van der Waals surface area contributed by atoms with Crippen molar-refractivity contribution in [2.75, 3.05) is 23.8 Å². The molecule has 0 atom stereocenters. The lowest BCUT2D eigenvalue weighted by atomic mass is 10.1. The molecule has 1 aromatic carbocycles. The summed E-state index contributed by atoms with van der Waals surface area (Å²) in [5.41, 5.74) is 4.60. The van der Waals surface area contributed by atoms with Crippen LogP contribution in [0.1, 0.15) is 36.6 Å². The molecule has 0 aliphatic carbocycles. The zero-order valence-corrected chi connectivity index (χ0v) is 14.3. The molecule has 0 bridgehead atoms. The van der Waals surface area contributed by atoms with E-state index in [0.717, 1.165) is 36.1 Å². The summed E-state index contributed by atoms with van der Waals surface area (Å²) in [6, 6.07) is 8.33. The highest BCUT2D eigenvalue weighted by atomic mass is 15.2. The van der Waals surface area contributed by atoms with Crippen LogP contribution in [0.3, 0.4) is 0 Å². The van der Waals surface area contributed by atoms with Crippen LogP contribution in [0.25, 0.3) is 0 Å². The van der Waals surface area contributed by atoms with Gasteiger partial charge in [-0.05, 0) is 50.5 Å². The maximum Gasteiger partial charge on any atom is 0.227 e. The van der Waals surface area contributed by atoms with E-state index in [9.17, 15) is 0 Å². The first-order valence-electron chi connectivity index (χ1n) is 7.90. The summed E-state index contributed by atoms with van der Waals surface area (Å²) >= 11 is 0. The smallest absolute Gasteiger partial charge is 0.227 e. The molecule has 4 heteroatoms. The minimum absolute atomic E-state index is 0.778. The molecule has 0 saturated carbocycles. The maximum absolute atomic E-state index is 4.64. The van der Waals surface area contributed by atoms with E-state index in [2.05, 4.69) is 59.2 Å². The van der Waals surface area contributed by atoms with Crippen molar-refractivity contribution in [3.8, 4) is 0 Å². The van der Waals surface area contributed by atoms with E-state index < -0.39 is 0 Å². The standard InChI is InChI=1S/C18H26N4/c1-6-7-10-22(5)18-19-15(4)12-17(21-18)20-16-9-8-13(2)14(3)11-16/h8-9,11-12H,6-7,10H2,1-5H3,(H,19,20,21). The third kappa shape index (κ3) is 4.20. The summed E-state index contributed by atoms with van der Waals surface area (Å²) in [6.07, 6.45) is 2.32. The minimum Gasteiger partial charge on any atom is -0.344 e. The number of hydrogen-bond acceptors (Lipinski definition) is 4. The Kier molecular flexibility index (Phi) is 5.36. The fourth-order valence-electron chi connectivity index (χ4n) is 2.25. The lowest BCUT2D eigenvalue weighted by Crippen LogP contribution is -2.21. The van der Waals surface area contributed by atoms with Crippen molar-refractivity contribution < 1.29 is 0 Å². The molecule has 0 fully saturated rings. The largest absolute Gasteiger partial charge is 0.344 e. The topological polar surface area (TPSA) is 41.1 Å². The summed E-state index contributed by atoms with van der Waals surface area (Å²) in [7, 11) is 2.05. The van der Waals surface area contributed by atoms with Gasteiger partial charge in [0.05, 0.1) is 0 Å². The molecule has 0 aliphatic rings. The van der Waals surface area contributed by atoms with Gasteiger partial charge >= 0.3 is 0 Å². The summed E-state index contributed by atoms with van der Waals surface area (Å²) < 4.78 is 0. The van der Waals surface area contributed by atoms with E-state index >= 15 is 0 Å². The van der Waals surface area contributed by atoms with E-state index in [1.54, 1.807) is 0 Å². The highest BCUT2D eigenvalue weighted by Gasteiger charge is 2.07. The predicted octanol–water partition coefficient (Wildman–Crippen LogP) is 4.38. The molecule has 0 spiro atoms. The van der Waals surface area contributed by atoms with E-state index in [1.165, 1.54) is 17.5 Å². The Labute approximate surface area is 133 Å². The fraction of sp³-hybridized carbons (Fsp3) is 0.444. The molecule has 2 aromatic rings. The lowest BCUT2D eigenvalue weighted by molar-refractivity contribution is 0.749. The number of aryl methyl sites for hydroxylation is 3. The summed E-state index contributed by atoms with van der Waals surface area (Å²) in [5, 5.41) is 3.39. The number of unbranched alkanes of at least 4 members (excludes halogenated alkanes) is 1. The van der Waals surface area contributed by atoms with Crippen molar-refractivity contribution in [2.45, 2.75) is 40.5 Å². The van der Waals surface area contributed by atoms with Crippen LogP contribution in [0.2, 0.25) is 0 Å². The Hall–Kier alpha value is -2.10. The first-order valence-corrected chi connectivity index (χ1v) is 7.90. The van der Waals surface area contributed by atoms with Crippen LogP contribution in [0.5, 0.6) is 0 Å². The maximum atomic E-state index is 4.64. The Morgan fingerprint density at radius 1 is 1.05 bits per heavy atom. The van der Waals surface area contributed by atoms with E-state index in [4.69, 9.17) is 0 Å². The molecule has 0 radical (unpaired) electrons. The molecular formula is C18H26N4. The number of nitrogens with zero attached hydrogens (tertiary/aromatic N) is 3. The second-order valence-electron chi connectivity index (χ2n) is 5.89. The highest BCUT2D eigenvalue weighted by molar-refractivity contribution is 5.59. The zero-order valence-electron chi connectivity index (χ0n) is 14.3. The average molecular weight is 298 g/mol. The molecule has 4 nitrogen and oxygen atoms in total. The number of anilines is 3. The van der Waals surface area contributed by atoms with Gasteiger partial charge in [-0.25, -0.2) is 4.98 Å². The van der Waals surface area contributed by atoms with Crippen LogP contribution in [-0.4, -0.2) is 23.6 Å². The normalized spacial score (nSPS) is 10.6. The molecule has 2 rings (SSSR count). The van der Waals surface area contributed by atoms with Crippen molar-refractivity contribution in [2.24, 2.45) is 0 Å². The van der Waals surface area contributed by atoms with Crippen molar-refractivity contribution in [1.29, 1.82) is 0 Å². The quantitative estimate of drug-likeness (QED) is 0.859. The van der Waals surface area contributed by atoms with Crippen molar-refractivity contribution in [3.63, 3.8) is 0 Å². The SMILES string of the molecule is CCCCN(C)c1nc(C)cc(Nc2ccc(C)c(C)c2)n1. The molecule has 1 heterocycles. The van der Waals surface area contributed by atoms with E-state index in [0.29, 0.717) is 0 Å². The monoisotopic (exact) mass is 298 g/mol. The van der Waals surface area contributed by atoms with Gasteiger partial charge in [0.2, 0.25) is 5.95 Å². The van der Waals surface area contributed by atoms with Crippen LogP contribution in [0, 0.1) is 20.8 Å². The number of hydrogen-bond donors (Lipinski definition) is 1. The number of aromatic nitrogens is 2. The molecule has 1 aromatic heterocycles. The fourth-order valence-corrected chi connectivity index (χ4v) is 2.25. The molecule has 22 heavy (non-hydrogen) atoms. The van der Waals surface area contributed by atoms with Gasteiger partial charge in [0.15, 0.2) is 0 Å². The second kappa shape index (κ2) is 7.25. The second-order valence-corrected chi connectivity index (χ2v) is 5.89. The van der Waals surface area contributed by atoms with E-state index in [-0.39, 0.29) is 0 Å². The molecule has 118 valence electrons.